The summed E-state index contributed by atoms with van der Waals surface area (Å²) < 4.78 is 9.21. The highest BCUT2D eigenvalue weighted by Crippen LogP contribution is 2.44. The van der Waals surface area contributed by atoms with E-state index in [-0.39, 0.29) is 0 Å². The number of furan rings is 1. The van der Waals surface area contributed by atoms with Crippen LogP contribution in [0.4, 0.5) is 0 Å². The largest absolute Gasteiger partial charge is 0.455 e. The van der Waals surface area contributed by atoms with E-state index in [1.54, 1.807) is 0 Å². The van der Waals surface area contributed by atoms with Gasteiger partial charge in [-0.15, -0.1) is 0 Å². The lowest BCUT2D eigenvalue weighted by atomic mass is 9.90. The average molecular weight is 869 g/mol. The number of hydrogen-bond acceptors (Lipinski definition) is 4. The Morgan fingerprint density at radius 1 is 0.294 bits per heavy atom. The van der Waals surface area contributed by atoms with Crippen LogP contribution in [-0.2, 0) is 0 Å². The van der Waals surface area contributed by atoms with Crippen LogP contribution in [0.15, 0.2) is 247 Å². The van der Waals surface area contributed by atoms with Gasteiger partial charge in [-0.2, -0.15) is 0 Å². The van der Waals surface area contributed by atoms with Crippen molar-refractivity contribution in [2.45, 2.75) is 0 Å². The highest BCUT2D eigenvalue weighted by molar-refractivity contribution is 6.24. The quantitative estimate of drug-likeness (QED) is 0.153. The molecule has 68 heavy (non-hydrogen) atoms. The van der Waals surface area contributed by atoms with Gasteiger partial charge in [-0.25, -0.2) is 15.0 Å². The molecule has 13 rings (SSSR count). The van der Waals surface area contributed by atoms with Crippen molar-refractivity contribution in [3.05, 3.63) is 243 Å². The maximum atomic E-state index is 6.88. The molecule has 0 saturated heterocycles. The summed E-state index contributed by atoms with van der Waals surface area (Å²) in [6, 6.07) is 85.2. The first-order valence-corrected chi connectivity index (χ1v) is 22.9. The Hall–Kier alpha value is -9.19. The van der Waals surface area contributed by atoms with Crippen molar-refractivity contribution < 1.29 is 4.42 Å². The summed E-state index contributed by atoms with van der Waals surface area (Å²) in [6.07, 6.45) is 0. The molecule has 0 aliphatic carbocycles. The van der Waals surface area contributed by atoms with E-state index in [0.29, 0.717) is 17.5 Å². The van der Waals surface area contributed by atoms with Gasteiger partial charge in [0.25, 0.3) is 0 Å². The molecule has 0 saturated carbocycles. The van der Waals surface area contributed by atoms with Gasteiger partial charge in [-0.3, -0.25) is 0 Å². The van der Waals surface area contributed by atoms with Crippen molar-refractivity contribution in [3.63, 3.8) is 0 Å². The minimum absolute atomic E-state index is 0.588. The Bertz CT molecular complexity index is 3880. The minimum Gasteiger partial charge on any atom is -0.455 e. The second kappa shape index (κ2) is 16.4. The predicted octanol–water partition coefficient (Wildman–Crippen LogP) is 16.5. The molecular formula is C63H40N4O. The zero-order valence-corrected chi connectivity index (χ0v) is 36.8. The predicted molar refractivity (Wildman–Crippen MR) is 279 cm³/mol. The molecule has 3 aromatic heterocycles. The lowest BCUT2D eigenvalue weighted by molar-refractivity contribution is 0.673. The number of hydrogen-bond donors (Lipinski definition) is 0. The van der Waals surface area contributed by atoms with Gasteiger partial charge in [0.15, 0.2) is 17.5 Å². The van der Waals surface area contributed by atoms with Crippen molar-refractivity contribution in [2.24, 2.45) is 0 Å². The summed E-state index contributed by atoms with van der Waals surface area (Å²) in [4.78, 5) is 15.7. The Balaban J connectivity index is 1.04. The third-order valence-corrected chi connectivity index (χ3v) is 13.0. The number of rotatable bonds is 8. The van der Waals surface area contributed by atoms with Crippen LogP contribution in [-0.4, -0.2) is 19.5 Å². The monoisotopic (exact) mass is 868 g/mol. The number of benzene rings is 10. The summed E-state index contributed by atoms with van der Waals surface area (Å²) in [6.45, 7) is 0. The molecule has 0 radical (unpaired) electrons. The standard InChI is InChI=1S/C63H40N4O/c1-6-18-41(19-7-1)47-36-48(42-20-8-2-9-21-42)38-49(37-47)45-30-32-51(55(39-45)63-65-61(43-22-10-3-11-23-43)64-62(66-63)44-24-12-4-13-25-44)46-31-35-58-54(40-46)52-33-34-57-59(60(52)68-58)53-28-16-17-29-56(53)67(57)50-26-14-5-15-27-50/h1-40H. The zero-order valence-electron chi connectivity index (χ0n) is 36.8. The smallest absolute Gasteiger partial charge is 0.164 e. The van der Waals surface area contributed by atoms with Gasteiger partial charge in [-0.05, 0) is 111 Å². The summed E-state index contributed by atoms with van der Waals surface area (Å²) in [5.74, 6) is 1.81. The first-order valence-electron chi connectivity index (χ1n) is 22.9. The fourth-order valence-electron chi connectivity index (χ4n) is 9.79. The van der Waals surface area contributed by atoms with Gasteiger partial charge in [-0.1, -0.05) is 176 Å². The number of para-hydroxylation sites is 2. The molecule has 0 N–H and O–H groups in total. The molecule has 0 fully saturated rings. The van der Waals surface area contributed by atoms with Gasteiger partial charge in [0.1, 0.15) is 11.2 Å². The van der Waals surface area contributed by atoms with Gasteiger partial charge in [0.05, 0.1) is 16.4 Å². The highest BCUT2D eigenvalue weighted by Gasteiger charge is 2.22. The van der Waals surface area contributed by atoms with Crippen LogP contribution in [0.1, 0.15) is 0 Å². The Kier molecular flexibility index (Phi) is 9.43. The first-order chi connectivity index (χ1) is 33.7. The minimum atomic E-state index is 0.588. The van der Waals surface area contributed by atoms with Crippen molar-refractivity contribution >= 4 is 43.7 Å². The zero-order chi connectivity index (χ0) is 45.0. The molecule has 0 unspecified atom stereocenters. The molecule has 0 bridgehead atoms. The summed E-state index contributed by atoms with van der Waals surface area (Å²) >= 11 is 0. The van der Waals surface area contributed by atoms with E-state index in [0.717, 1.165) is 111 Å². The van der Waals surface area contributed by atoms with E-state index in [1.165, 1.54) is 0 Å². The van der Waals surface area contributed by atoms with Gasteiger partial charge in [0, 0.05) is 38.5 Å². The van der Waals surface area contributed by atoms with Gasteiger partial charge >= 0.3 is 0 Å². The Labute approximate surface area is 392 Å². The molecule has 5 nitrogen and oxygen atoms in total. The van der Waals surface area contributed by atoms with E-state index in [2.05, 4.69) is 211 Å². The molecule has 0 spiro atoms. The van der Waals surface area contributed by atoms with Crippen molar-refractivity contribution in [3.8, 4) is 84.4 Å². The molecule has 0 amide bonds. The molecular weight excluding hydrogens is 829 g/mol. The molecule has 0 aliphatic rings. The Morgan fingerprint density at radius 2 is 0.809 bits per heavy atom. The van der Waals surface area contributed by atoms with Crippen LogP contribution >= 0.6 is 0 Å². The molecule has 318 valence electrons. The highest BCUT2D eigenvalue weighted by atomic mass is 16.3. The average Bonchev–Trinajstić information content (AvgIpc) is 3.97. The van der Waals surface area contributed by atoms with Crippen LogP contribution in [0.25, 0.3) is 128 Å². The van der Waals surface area contributed by atoms with E-state index in [9.17, 15) is 0 Å². The SMILES string of the molecule is c1ccc(-c2cc(-c3ccccc3)cc(-c3ccc(-c4ccc5oc6c(ccc7c6c6ccccc6n7-c6ccccc6)c5c4)c(-c4nc(-c5ccccc5)nc(-c5ccccc5)n4)c3)c2)cc1. The van der Waals surface area contributed by atoms with E-state index >= 15 is 0 Å². The molecule has 0 aliphatic heterocycles. The second-order valence-corrected chi connectivity index (χ2v) is 17.2. The van der Waals surface area contributed by atoms with Crippen LogP contribution < -0.4 is 0 Å². The van der Waals surface area contributed by atoms with Crippen LogP contribution in [0.2, 0.25) is 0 Å². The van der Waals surface area contributed by atoms with Crippen LogP contribution in [0.3, 0.4) is 0 Å². The Morgan fingerprint density at radius 3 is 1.43 bits per heavy atom. The third kappa shape index (κ3) is 6.84. The van der Waals surface area contributed by atoms with Crippen LogP contribution in [0.5, 0.6) is 0 Å². The summed E-state index contributed by atoms with van der Waals surface area (Å²) in [5.41, 5.74) is 16.5. The fraction of sp³-hybridized carbons (Fsp3) is 0. The normalized spacial score (nSPS) is 11.5. The van der Waals surface area contributed by atoms with Crippen molar-refractivity contribution in [1.82, 2.24) is 19.5 Å². The number of aromatic nitrogens is 4. The topological polar surface area (TPSA) is 56.7 Å². The van der Waals surface area contributed by atoms with Gasteiger partial charge < -0.3 is 8.98 Å². The second-order valence-electron chi connectivity index (χ2n) is 17.2. The van der Waals surface area contributed by atoms with Crippen LogP contribution in [0, 0.1) is 0 Å². The summed E-state index contributed by atoms with van der Waals surface area (Å²) in [7, 11) is 0. The number of fused-ring (bicyclic) bond motifs is 7. The lowest BCUT2D eigenvalue weighted by Gasteiger charge is -2.16. The maximum absolute atomic E-state index is 6.88. The van der Waals surface area contributed by atoms with E-state index in [4.69, 9.17) is 19.4 Å². The van der Waals surface area contributed by atoms with Gasteiger partial charge in [0.2, 0.25) is 0 Å². The molecule has 5 heteroatoms. The molecule has 10 aromatic carbocycles. The van der Waals surface area contributed by atoms with Crippen molar-refractivity contribution in [1.29, 1.82) is 0 Å². The fourth-order valence-corrected chi connectivity index (χ4v) is 9.79. The molecule has 3 heterocycles. The number of nitrogens with zero attached hydrogens (tertiary/aromatic N) is 4. The maximum Gasteiger partial charge on any atom is 0.164 e. The molecule has 0 atom stereocenters. The first kappa shape index (κ1) is 39.2. The summed E-state index contributed by atoms with van der Waals surface area (Å²) in [5, 5.41) is 4.36. The molecule has 13 aromatic rings. The third-order valence-electron chi connectivity index (χ3n) is 13.0. The lowest BCUT2D eigenvalue weighted by Crippen LogP contribution is -2.01. The van der Waals surface area contributed by atoms with E-state index in [1.807, 2.05) is 36.4 Å². The van der Waals surface area contributed by atoms with E-state index < -0.39 is 0 Å². The van der Waals surface area contributed by atoms with Crippen molar-refractivity contribution in [2.75, 3.05) is 0 Å².